The maximum atomic E-state index is 10.5. The van der Waals surface area contributed by atoms with Gasteiger partial charge in [-0.1, -0.05) is 6.07 Å². The van der Waals surface area contributed by atoms with Gasteiger partial charge in [0.15, 0.2) is 0 Å². The number of benzene rings is 1. The van der Waals surface area contributed by atoms with E-state index in [0.717, 1.165) is 22.3 Å². The molecule has 0 atom stereocenters. The van der Waals surface area contributed by atoms with Crippen LogP contribution in [0.3, 0.4) is 0 Å². The van der Waals surface area contributed by atoms with Crippen molar-refractivity contribution in [2.75, 3.05) is 30.9 Å². The summed E-state index contributed by atoms with van der Waals surface area (Å²) < 4.78 is 0. The van der Waals surface area contributed by atoms with Gasteiger partial charge < -0.3 is 15.3 Å². The summed E-state index contributed by atoms with van der Waals surface area (Å²) in [5, 5.41) is 13.8. The number of carbonyl (C=O) groups is 1. The van der Waals surface area contributed by atoms with Crippen molar-refractivity contribution >= 4 is 28.2 Å². The number of nitrogens with zero attached hydrogens (tertiary/aromatic N) is 2. The molecule has 0 aliphatic carbocycles. The molecule has 1 heterocycles. The number of aliphatic carboxylic acids is 1. The first-order valence-corrected chi connectivity index (χ1v) is 6.09. The van der Waals surface area contributed by atoms with Crippen molar-refractivity contribution in [2.24, 2.45) is 0 Å². The number of nitrogens with one attached hydrogen (secondary N) is 1. The van der Waals surface area contributed by atoms with Gasteiger partial charge in [0.1, 0.15) is 5.82 Å². The first-order chi connectivity index (χ1) is 9.08. The van der Waals surface area contributed by atoms with Crippen molar-refractivity contribution in [1.82, 2.24) is 4.98 Å². The predicted molar refractivity (Wildman–Crippen MR) is 76.8 cm³/mol. The number of rotatable bonds is 5. The van der Waals surface area contributed by atoms with Crippen LogP contribution in [0, 0.1) is 0 Å². The maximum absolute atomic E-state index is 10.5. The quantitative estimate of drug-likeness (QED) is 0.861. The minimum atomic E-state index is -0.818. The highest BCUT2D eigenvalue weighted by Gasteiger charge is 2.05. The van der Waals surface area contributed by atoms with Gasteiger partial charge in [-0.3, -0.25) is 4.79 Å². The summed E-state index contributed by atoms with van der Waals surface area (Å²) in [5.41, 5.74) is 1.08. The van der Waals surface area contributed by atoms with E-state index in [1.807, 2.05) is 43.3 Å². The van der Waals surface area contributed by atoms with Crippen molar-refractivity contribution in [3.05, 3.63) is 30.5 Å². The Morgan fingerprint density at radius 3 is 2.84 bits per heavy atom. The van der Waals surface area contributed by atoms with Crippen LogP contribution in [0.25, 0.3) is 10.8 Å². The third-order valence-electron chi connectivity index (χ3n) is 2.90. The van der Waals surface area contributed by atoms with E-state index in [0.29, 0.717) is 6.54 Å². The molecule has 0 saturated carbocycles. The van der Waals surface area contributed by atoms with E-state index in [9.17, 15) is 4.79 Å². The van der Waals surface area contributed by atoms with Gasteiger partial charge in [-0.25, -0.2) is 4.98 Å². The average Bonchev–Trinajstić information content (AvgIpc) is 2.38. The summed E-state index contributed by atoms with van der Waals surface area (Å²) >= 11 is 0. The zero-order valence-corrected chi connectivity index (χ0v) is 11.1. The van der Waals surface area contributed by atoms with Gasteiger partial charge in [0.2, 0.25) is 0 Å². The molecule has 2 N–H and O–H groups in total. The number of aromatic nitrogens is 1. The molecule has 0 saturated heterocycles. The molecule has 0 bridgehead atoms. The number of pyridine rings is 1. The van der Waals surface area contributed by atoms with Crippen molar-refractivity contribution in [3.63, 3.8) is 0 Å². The molecular weight excluding hydrogens is 242 g/mol. The first kappa shape index (κ1) is 13.1. The highest BCUT2D eigenvalue weighted by atomic mass is 16.4. The summed E-state index contributed by atoms with van der Waals surface area (Å²) in [7, 11) is 3.96. The second-order valence-electron chi connectivity index (χ2n) is 4.53. The topological polar surface area (TPSA) is 65.5 Å². The number of hydrogen-bond donors (Lipinski definition) is 2. The van der Waals surface area contributed by atoms with Crippen LogP contribution >= 0.6 is 0 Å². The Kier molecular flexibility index (Phi) is 3.85. The second kappa shape index (κ2) is 5.56. The van der Waals surface area contributed by atoms with Crippen LogP contribution in [-0.2, 0) is 4.79 Å². The van der Waals surface area contributed by atoms with Gasteiger partial charge in [0.25, 0.3) is 0 Å². The average molecular weight is 259 g/mol. The number of fused-ring (bicyclic) bond motifs is 1. The highest BCUT2D eigenvalue weighted by Crippen LogP contribution is 2.25. The Hall–Kier alpha value is -2.30. The summed E-state index contributed by atoms with van der Waals surface area (Å²) in [5.74, 6) is -0.0934. The fraction of sp³-hybridized carbons (Fsp3) is 0.286. The molecule has 0 radical (unpaired) electrons. The van der Waals surface area contributed by atoms with E-state index in [1.165, 1.54) is 0 Å². The van der Waals surface area contributed by atoms with Crippen LogP contribution in [0.2, 0.25) is 0 Å². The van der Waals surface area contributed by atoms with Gasteiger partial charge in [0, 0.05) is 37.9 Å². The molecule has 0 amide bonds. The van der Waals surface area contributed by atoms with Gasteiger partial charge in [-0.2, -0.15) is 0 Å². The first-order valence-electron chi connectivity index (χ1n) is 6.09. The third-order valence-corrected chi connectivity index (χ3v) is 2.90. The van der Waals surface area contributed by atoms with E-state index in [1.54, 1.807) is 6.20 Å². The molecule has 2 aromatic rings. The normalized spacial score (nSPS) is 10.4. The molecule has 1 aromatic carbocycles. The Labute approximate surface area is 111 Å². The van der Waals surface area contributed by atoms with E-state index in [4.69, 9.17) is 5.11 Å². The molecule has 2 rings (SSSR count). The van der Waals surface area contributed by atoms with Gasteiger partial charge in [0.05, 0.1) is 6.42 Å². The minimum Gasteiger partial charge on any atom is -0.481 e. The lowest BCUT2D eigenvalue weighted by atomic mass is 10.1. The molecule has 1 aromatic heterocycles. The molecule has 0 aliphatic rings. The molecule has 19 heavy (non-hydrogen) atoms. The SMILES string of the molecule is CN(C)c1ccc2ccnc(NCCC(=O)O)c2c1. The molecule has 0 fully saturated rings. The maximum Gasteiger partial charge on any atom is 0.305 e. The Morgan fingerprint density at radius 2 is 2.16 bits per heavy atom. The van der Waals surface area contributed by atoms with E-state index in [-0.39, 0.29) is 6.42 Å². The summed E-state index contributed by atoms with van der Waals surface area (Å²) in [6, 6.07) is 8.07. The number of carboxylic acids is 1. The van der Waals surface area contributed by atoms with Crippen molar-refractivity contribution in [1.29, 1.82) is 0 Å². The summed E-state index contributed by atoms with van der Waals surface area (Å²) in [4.78, 5) is 16.8. The summed E-state index contributed by atoms with van der Waals surface area (Å²) in [6.07, 6.45) is 1.80. The smallest absolute Gasteiger partial charge is 0.305 e. The zero-order valence-electron chi connectivity index (χ0n) is 11.1. The number of hydrogen-bond acceptors (Lipinski definition) is 4. The third kappa shape index (κ3) is 3.13. The van der Waals surface area contributed by atoms with Crippen molar-refractivity contribution in [2.45, 2.75) is 6.42 Å². The predicted octanol–water partition coefficient (Wildman–Crippen LogP) is 2.19. The monoisotopic (exact) mass is 259 g/mol. The lowest BCUT2D eigenvalue weighted by Crippen LogP contribution is -2.10. The largest absolute Gasteiger partial charge is 0.481 e. The van der Waals surface area contributed by atoms with Gasteiger partial charge in [-0.05, 0) is 23.6 Å². The second-order valence-corrected chi connectivity index (χ2v) is 4.53. The van der Waals surface area contributed by atoms with Gasteiger partial charge >= 0.3 is 5.97 Å². The summed E-state index contributed by atoms with van der Waals surface area (Å²) in [6.45, 7) is 0.369. The fourth-order valence-corrected chi connectivity index (χ4v) is 1.86. The zero-order chi connectivity index (χ0) is 13.8. The van der Waals surface area contributed by atoms with Crippen LogP contribution < -0.4 is 10.2 Å². The lowest BCUT2D eigenvalue weighted by Gasteiger charge is -2.14. The van der Waals surface area contributed by atoms with Crippen LogP contribution in [0.4, 0.5) is 11.5 Å². The molecule has 100 valence electrons. The Morgan fingerprint density at radius 1 is 1.37 bits per heavy atom. The molecule has 0 unspecified atom stereocenters. The molecule has 5 nitrogen and oxygen atoms in total. The Bertz CT molecular complexity index is 596. The molecule has 0 aliphatic heterocycles. The van der Waals surface area contributed by atoms with Crippen LogP contribution in [-0.4, -0.2) is 36.7 Å². The minimum absolute atomic E-state index is 0.0748. The number of carboxylic acid groups (broad SMARTS) is 1. The molecular formula is C14H17N3O2. The Balaban J connectivity index is 2.31. The van der Waals surface area contributed by atoms with Crippen molar-refractivity contribution in [3.8, 4) is 0 Å². The van der Waals surface area contributed by atoms with Crippen LogP contribution in [0.15, 0.2) is 30.5 Å². The van der Waals surface area contributed by atoms with Crippen molar-refractivity contribution < 1.29 is 9.90 Å². The fourth-order valence-electron chi connectivity index (χ4n) is 1.86. The van der Waals surface area contributed by atoms with Gasteiger partial charge in [-0.15, -0.1) is 0 Å². The highest BCUT2D eigenvalue weighted by molar-refractivity contribution is 5.94. The van der Waals surface area contributed by atoms with E-state index >= 15 is 0 Å². The number of anilines is 2. The van der Waals surface area contributed by atoms with E-state index < -0.39 is 5.97 Å². The van der Waals surface area contributed by atoms with E-state index in [2.05, 4.69) is 10.3 Å². The van der Waals surface area contributed by atoms with Crippen LogP contribution in [0.1, 0.15) is 6.42 Å². The molecule has 0 spiro atoms. The lowest BCUT2D eigenvalue weighted by molar-refractivity contribution is -0.136. The van der Waals surface area contributed by atoms with Crippen LogP contribution in [0.5, 0.6) is 0 Å². The molecule has 5 heteroatoms. The standard InChI is InChI=1S/C14H17N3O2/c1-17(2)11-4-3-10-5-7-15-14(12(10)9-11)16-8-6-13(18)19/h3-5,7,9H,6,8H2,1-2H3,(H,15,16)(H,18,19).